The average molecular weight is 205 g/mol. The molecule has 1 heterocycles. The van der Waals surface area contributed by atoms with Crippen LogP contribution in [0.15, 0.2) is 17.7 Å². The summed E-state index contributed by atoms with van der Waals surface area (Å²) in [5.41, 5.74) is 9.79. The van der Waals surface area contributed by atoms with Crippen molar-refractivity contribution >= 4 is 0 Å². The molecule has 0 radical (unpaired) electrons. The van der Waals surface area contributed by atoms with E-state index in [0.717, 1.165) is 25.7 Å². The van der Waals surface area contributed by atoms with Crippen molar-refractivity contribution in [2.24, 2.45) is 12.8 Å². The smallest absolute Gasteiger partial charge is 0.0624 e. The van der Waals surface area contributed by atoms with Crippen LogP contribution in [0.1, 0.15) is 31.2 Å². The number of nitrogens with zero attached hydrogens (tertiary/aromatic N) is 2. The van der Waals surface area contributed by atoms with Crippen LogP contribution >= 0.6 is 0 Å². The van der Waals surface area contributed by atoms with Gasteiger partial charge in [0.25, 0.3) is 0 Å². The third-order valence-electron chi connectivity index (χ3n) is 3.05. The molecule has 0 saturated carbocycles. The predicted molar refractivity (Wildman–Crippen MR) is 61.6 cm³/mol. The highest BCUT2D eigenvalue weighted by atomic mass is 15.3. The molecule has 15 heavy (non-hydrogen) atoms. The van der Waals surface area contributed by atoms with Crippen LogP contribution in [0.25, 0.3) is 0 Å². The molecule has 3 heteroatoms. The van der Waals surface area contributed by atoms with E-state index in [1.54, 1.807) is 0 Å². The second-order valence-electron chi connectivity index (χ2n) is 4.31. The number of nitrogens with two attached hydrogens (primary N) is 1. The third kappa shape index (κ3) is 2.29. The van der Waals surface area contributed by atoms with Gasteiger partial charge in [-0.2, -0.15) is 5.10 Å². The Morgan fingerprint density at radius 1 is 1.60 bits per heavy atom. The van der Waals surface area contributed by atoms with Crippen molar-refractivity contribution in [3.05, 3.63) is 29.1 Å². The Kier molecular flexibility index (Phi) is 2.91. The maximum absolute atomic E-state index is 5.85. The van der Waals surface area contributed by atoms with Gasteiger partial charge >= 0.3 is 0 Å². The molecule has 0 spiro atoms. The van der Waals surface area contributed by atoms with Crippen molar-refractivity contribution in [2.75, 3.05) is 0 Å². The van der Waals surface area contributed by atoms with Gasteiger partial charge in [0.1, 0.15) is 0 Å². The van der Waals surface area contributed by atoms with E-state index < -0.39 is 0 Å². The summed E-state index contributed by atoms with van der Waals surface area (Å²) in [6.45, 7) is 2.14. The SMILES string of the molecule is CCc1cc(CC2=CC(N)CC2)n(C)n1. The minimum Gasteiger partial charge on any atom is -0.324 e. The van der Waals surface area contributed by atoms with Crippen LogP contribution in [0.4, 0.5) is 0 Å². The third-order valence-corrected chi connectivity index (χ3v) is 3.05. The van der Waals surface area contributed by atoms with Gasteiger partial charge in [-0.3, -0.25) is 4.68 Å². The summed E-state index contributed by atoms with van der Waals surface area (Å²) < 4.78 is 1.99. The van der Waals surface area contributed by atoms with E-state index in [4.69, 9.17) is 5.73 Å². The molecule has 0 fully saturated rings. The summed E-state index contributed by atoms with van der Waals surface area (Å²) in [6, 6.07) is 2.48. The molecule has 0 amide bonds. The Hall–Kier alpha value is -1.09. The topological polar surface area (TPSA) is 43.8 Å². The quantitative estimate of drug-likeness (QED) is 0.761. The summed E-state index contributed by atoms with van der Waals surface area (Å²) in [5, 5.41) is 4.45. The van der Waals surface area contributed by atoms with Crippen molar-refractivity contribution in [3.63, 3.8) is 0 Å². The Bertz CT molecular complexity index is 376. The van der Waals surface area contributed by atoms with Crippen LogP contribution in [0.5, 0.6) is 0 Å². The highest BCUT2D eigenvalue weighted by Gasteiger charge is 2.13. The maximum atomic E-state index is 5.85. The molecule has 1 aromatic heterocycles. The fraction of sp³-hybridized carbons (Fsp3) is 0.583. The lowest BCUT2D eigenvalue weighted by Crippen LogP contribution is -2.11. The minimum atomic E-state index is 0.277. The van der Waals surface area contributed by atoms with Gasteiger partial charge in [-0.05, 0) is 25.3 Å². The first-order chi connectivity index (χ1) is 7.19. The molecular formula is C12H19N3. The van der Waals surface area contributed by atoms with Crippen molar-refractivity contribution in [1.29, 1.82) is 0 Å². The van der Waals surface area contributed by atoms with Crippen molar-refractivity contribution in [1.82, 2.24) is 9.78 Å². The van der Waals surface area contributed by atoms with E-state index in [1.807, 2.05) is 11.7 Å². The van der Waals surface area contributed by atoms with Gasteiger partial charge in [-0.25, -0.2) is 0 Å². The van der Waals surface area contributed by atoms with Gasteiger partial charge in [-0.1, -0.05) is 18.6 Å². The summed E-state index contributed by atoms with van der Waals surface area (Å²) in [5.74, 6) is 0. The molecule has 2 N–H and O–H groups in total. The van der Waals surface area contributed by atoms with Crippen LogP contribution in [-0.2, 0) is 19.9 Å². The average Bonchev–Trinajstić information content (AvgIpc) is 2.75. The van der Waals surface area contributed by atoms with Crippen LogP contribution < -0.4 is 5.73 Å². The predicted octanol–water partition coefficient (Wildman–Crippen LogP) is 1.57. The van der Waals surface area contributed by atoms with Crippen LogP contribution in [0.2, 0.25) is 0 Å². The first kappa shape index (κ1) is 10.4. The normalized spacial score (nSPS) is 20.7. The van der Waals surface area contributed by atoms with E-state index >= 15 is 0 Å². The number of aromatic nitrogens is 2. The van der Waals surface area contributed by atoms with Crippen LogP contribution in [0.3, 0.4) is 0 Å². The lowest BCUT2D eigenvalue weighted by molar-refractivity contribution is 0.702. The monoisotopic (exact) mass is 205 g/mol. The highest BCUT2D eigenvalue weighted by Crippen LogP contribution is 2.21. The lowest BCUT2D eigenvalue weighted by Gasteiger charge is -2.01. The largest absolute Gasteiger partial charge is 0.324 e. The fourth-order valence-corrected chi connectivity index (χ4v) is 2.11. The van der Waals surface area contributed by atoms with Crippen molar-refractivity contribution < 1.29 is 0 Å². The summed E-state index contributed by atoms with van der Waals surface area (Å²) >= 11 is 0. The van der Waals surface area contributed by atoms with E-state index in [1.165, 1.54) is 17.0 Å². The molecule has 1 unspecified atom stereocenters. The molecule has 1 aliphatic carbocycles. The Labute approximate surface area is 91.0 Å². The van der Waals surface area contributed by atoms with Gasteiger partial charge in [0.15, 0.2) is 0 Å². The van der Waals surface area contributed by atoms with E-state index in [2.05, 4.69) is 24.2 Å². The maximum Gasteiger partial charge on any atom is 0.0624 e. The van der Waals surface area contributed by atoms with Crippen LogP contribution in [-0.4, -0.2) is 15.8 Å². The number of hydrogen-bond acceptors (Lipinski definition) is 2. The van der Waals surface area contributed by atoms with E-state index in [0.29, 0.717) is 0 Å². The molecule has 3 nitrogen and oxygen atoms in total. The second-order valence-corrected chi connectivity index (χ2v) is 4.31. The van der Waals surface area contributed by atoms with Gasteiger partial charge in [0.05, 0.1) is 5.69 Å². The lowest BCUT2D eigenvalue weighted by atomic mass is 10.1. The number of hydrogen-bond donors (Lipinski definition) is 1. The second kappa shape index (κ2) is 4.19. The summed E-state index contributed by atoms with van der Waals surface area (Å²) in [6.07, 6.45) is 6.48. The standard InChI is InChI=1S/C12H19N3/c1-3-11-8-12(15(2)14-11)7-9-4-5-10(13)6-9/h6,8,10H,3-5,7,13H2,1-2H3. The molecule has 82 valence electrons. The first-order valence-electron chi connectivity index (χ1n) is 5.66. The summed E-state index contributed by atoms with van der Waals surface area (Å²) in [7, 11) is 2.02. The van der Waals surface area contributed by atoms with Gasteiger partial charge in [-0.15, -0.1) is 0 Å². The molecule has 2 rings (SSSR count). The molecule has 0 aromatic carbocycles. The molecule has 1 aromatic rings. The Morgan fingerprint density at radius 3 is 2.93 bits per heavy atom. The van der Waals surface area contributed by atoms with Crippen molar-refractivity contribution in [2.45, 2.75) is 38.6 Å². The van der Waals surface area contributed by atoms with Crippen molar-refractivity contribution in [3.8, 4) is 0 Å². The van der Waals surface area contributed by atoms with Gasteiger partial charge < -0.3 is 5.73 Å². The van der Waals surface area contributed by atoms with Gasteiger partial charge in [0, 0.05) is 25.2 Å². The minimum absolute atomic E-state index is 0.277. The van der Waals surface area contributed by atoms with E-state index in [9.17, 15) is 0 Å². The first-order valence-corrected chi connectivity index (χ1v) is 5.66. The molecule has 0 bridgehead atoms. The molecular weight excluding hydrogens is 186 g/mol. The zero-order chi connectivity index (χ0) is 10.8. The fourth-order valence-electron chi connectivity index (χ4n) is 2.11. The molecule has 0 aliphatic heterocycles. The molecule has 1 atom stereocenters. The zero-order valence-corrected chi connectivity index (χ0v) is 9.53. The van der Waals surface area contributed by atoms with Gasteiger partial charge in [0.2, 0.25) is 0 Å². The highest BCUT2D eigenvalue weighted by molar-refractivity contribution is 5.22. The Morgan fingerprint density at radius 2 is 2.40 bits per heavy atom. The number of aryl methyl sites for hydroxylation is 2. The number of rotatable bonds is 3. The molecule has 1 aliphatic rings. The van der Waals surface area contributed by atoms with E-state index in [-0.39, 0.29) is 6.04 Å². The molecule has 0 saturated heterocycles. The number of allylic oxidation sites excluding steroid dienone is 1. The zero-order valence-electron chi connectivity index (χ0n) is 9.53. The van der Waals surface area contributed by atoms with Crippen LogP contribution in [0, 0.1) is 0 Å². The summed E-state index contributed by atoms with van der Waals surface area (Å²) in [4.78, 5) is 0. The Balaban J connectivity index is 2.10.